The van der Waals surface area contributed by atoms with Crippen molar-refractivity contribution in [1.29, 1.82) is 0 Å². The predicted molar refractivity (Wildman–Crippen MR) is 87.4 cm³/mol. The van der Waals surface area contributed by atoms with Crippen molar-refractivity contribution >= 4 is 27.3 Å². The highest BCUT2D eigenvalue weighted by Gasteiger charge is 2.10. The highest BCUT2D eigenvalue weighted by molar-refractivity contribution is 9.10. The Bertz CT molecular complexity index is 569. The molecule has 0 radical (unpaired) electrons. The number of rotatable bonds is 6. The highest BCUT2D eigenvalue weighted by atomic mass is 79.9. The molecule has 0 spiro atoms. The van der Waals surface area contributed by atoms with Crippen LogP contribution in [0.15, 0.2) is 28.1 Å². The number of hydrogen-bond acceptors (Lipinski definition) is 4. The first kappa shape index (κ1) is 15.5. The Hall–Kier alpha value is -0.910. The summed E-state index contributed by atoms with van der Waals surface area (Å²) in [6.45, 7) is 5.40. The Labute approximate surface area is 132 Å². The zero-order chi connectivity index (χ0) is 14.5. The van der Waals surface area contributed by atoms with Crippen LogP contribution >= 0.6 is 27.3 Å². The van der Waals surface area contributed by atoms with Gasteiger partial charge in [-0.05, 0) is 40.5 Å². The second kappa shape index (κ2) is 7.20. The Kier molecular flexibility index (Phi) is 5.57. The minimum atomic E-state index is 0.463. The maximum Gasteiger partial charge on any atom is 0.137 e. The molecule has 2 N–H and O–H groups in total. The van der Waals surface area contributed by atoms with Gasteiger partial charge in [-0.25, -0.2) is 4.98 Å². The minimum Gasteiger partial charge on any atom is -0.486 e. The van der Waals surface area contributed by atoms with Gasteiger partial charge in [-0.1, -0.05) is 26.0 Å². The molecule has 0 aliphatic heterocycles. The van der Waals surface area contributed by atoms with Gasteiger partial charge in [-0.2, -0.15) is 0 Å². The van der Waals surface area contributed by atoms with Crippen molar-refractivity contribution in [3.63, 3.8) is 0 Å². The molecule has 1 aromatic carbocycles. The van der Waals surface area contributed by atoms with Crippen LogP contribution in [0.3, 0.4) is 0 Å². The summed E-state index contributed by atoms with van der Waals surface area (Å²) in [7, 11) is 0. The number of ether oxygens (including phenoxy) is 1. The van der Waals surface area contributed by atoms with Gasteiger partial charge in [0.05, 0.1) is 15.2 Å². The van der Waals surface area contributed by atoms with Gasteiger partial charge in [-0.15, -0.1) is 11.3 Å². The third-order valence-corrected chi connectivity index (χ3v) is 4.71. The first-order valence-electron chi connectivity index (χ1n) is 6.66. The maximum absolute atomic E-state index is 5.94. The van der Waals surface area contributed by atoms with Gasteiger partial charge in [0.15, 0.2) is 0 Å². The molecular formula is C15H19BrN2OS. The van der Waals surface area contributed by atoms with Gasteiger partial charge in [0, 0.05) is 11.3 Å². The van der Waals surface area contributed by atoms with Crippen molar-refractivity contribution in [2.75, 3.05) is 6.54 Å². The van der Waals surface area contributed by atoms with Crippen LogP contribution in [0.1, 0.15) is 36.0 Å². The first-order chi connectivity index (χ1) is 9.61. The van der Waals surface area contributed by atoms with Crippen LogP contribution < -0.4 is 10.5 Å². The summed E-state index contributed by atoms with van der Waals surface area (Å²) in [6, 6.07) is 6.03. The smallest absolute Gasteiger partial charge is 0.137 e. The molecule has 0 fully saturated rings. The van der Waals surface area contributed by atoms with Crippen LogP contribution in [0, 0.1) is 0 Å². The molecule has 2 rings (SSSR count). The lowest BCUT2D eigenvalue weighted by Crippen LogP contribution is -2.06. The number of nitrogens with zero attached hydrogens (tertiary/aromatic N) is 1. The Morgan fingerprint density at radius 1 is 1.40 bits per heavy atom. The summed E-state index contributed by atoms with van der Waals surface area (Å²) in [5.74, 6) is 1.34. The third kappa shape index (κ3) is 3.81. The van der Waals surface area contributed by atoms with Crippen LogP contribution in [0.5, 0.6) is 5.75 Å². The number of hydrogen-bond donors (Lipinski definition) is 1. The summed E-state index contributed by atoms with van der Waals surface area (Å²) in [4.78, 5) is 4.58. The van der Waals surface area contributed by atoms with Gasteiger partial charge >= 0.3 is 0 Å². The molecular weight excluding hydrogens is 336 g/mol. The Balaban J connectivity index is 2.09. The molecule has 0 aliphatic rings. The van der Waals surface area contributed by atoms with Gasteiger partial charge < -0.3 is 10.5 Å². The van der Waals surface area contributed by atoms with Crippen LogP contribution in [0.25, 0.3) is 0 Å². The van der Waals surface area contributed by atoms with E-state index >= 15 is 0 Å². The SMILES string of the molecule is CC(C)c1nc(COc2c(Br)cccc2CCN)cs1. The molecule has 1 heterocycles. The molecule has 0 bridgehead atoms. The summed E-state index contributed by atoms with van der Waals surface area (Å²) >= 11 is 5.22. The average Bonchev–Trinajstić information content (AvgIpc) is 2.87. The summed E-state index contributed by atoms with van der Waals surface area (Å²) in [5, 5.41) is 3.22. The fourth-order valence-electron chi connectivity index (χ4n) is 1.87. The molecule has 2 aromatic rings. The molecule has 20 heavy (non-hydrogen) atoms. The number of thiazole rings is 1. The summed E-state index contributed by atoms with van der Waals surface area (Å²) in [6.07, 6.45) is 0.809. The van der Waals surface area contributed by atoms with E-state index in [4.69, 9.17) is 10.5 Å². The number of halogens is 1. The van der Waals surface area contributed by atoms with E-state index < -0.39 is 0 Å². The van der Waals surface area contributed by atoms with E-state index in [1.165, 1.54) is 0 Å². The van der Waals surface area contributed by atoms with Gasteiger partial charge in [0.25, 0.3) is 0 Å². The van der Waals surface area contributed by atoms with Crippen molar-refractivity contribution in [3.8, 4) is 5.75 Å². The fraction of sp³-hybridized carbons (Fsp3) is 0.400. The normalized spacial score (nSPS) is 11.1. The number of aromatic nitrogens is 1. The van der Waals surface area contributed by atoms with Crippen molar-refractivity contribution < 1.29 is 4.74 Å². The zero-order valence-corrected chi connectivity index (χ0v) is 14.1. The van der Waals surface area contributed by atoms with Crippen LogP contribution in [0.4, 0.5) is 0 Å². The van der Waals surface area contributed by atoms with E-state index in [0.717, 1.165) is 32.9 Å². The molecule has 5 heteroatoms. The molecule has 1 aromatic heterocycles. The van der Waals surface area contributed by atoms with E-state index in [1.54, 1.807) is 11.3 Å². The second-order valence-electron chi connectivity index (χ2n) is 4.89. The molecule has 0 aliphatic carbocycles. The monoisotopic (exact) mass is 354 g/mol. The minimum absolute atomic E-state index is 0.463. The quantitative estimate of drug-likeness (QED) is 0.848. The topological polar surface area (TPSA) is 48.1 Å². The lowest BCUT2D eigenvalue weighted by molar-refractivity contribution is 0.296. The van der Waals surface area contributed by atoms with E-state index in [-0.39, 0.29) is 0 Å². The Morgan fingerprint density at radius 2 is 2.20 bits per heavy atom. The van der Waals surface area contributed by atoms with E-state index in [2.05, 4.69) is 40.1 Å². The first-order valence-corrected chi connectivity index (χ1v) is 8.33. The standard InChI is InChI=1S/C15H19BrN2OS/c1-10(2)15-18-12(9-20-15)8-19-14-11(6-7-17)4-3-5-13(14)16/h3-5,9-10H,6-8,17H2,1-2H3. The molecule has 0 amide bonds. The summed E-state index contributed by atoms with van der Waals surface area (Å²) < 4.78 is 6.90. The van der Waals surface area contributed by atoms with Crippen LogP contribution in [-0.4, -0.2) is 11.5 Å². The average molecular weight is 355 g/mol. The van der Waals surface area contributed by atoms with Gasteiger partial charge in [0.1, 0.15) is 12.4 Å². The number of benzene rings is 1. The third-order valence-electron chi connectivity index (χ3n) is 2.89. The summed E-state index contributed by atoms with van der Waals surface area (Å²) in [5.41, 5.74) is 7.75. The zero-order valence-electron chi connectivity index (χ0n) is 11.7. The number of nitrogens with two attached hydrogens (primary N) is 1. The molecule has 108 valence electrons. The number of para-hydroxylation sites is 1. The van der Waals surface area contributed by atoms with Gasteiger partial charge in [-0.3, -0.25) is 0 Å². The molecule has 3 nitrogen and oxygen atoms in total. The van der Waals surface area contributed by atoms with E-state index in [0.29, 0.717) is 19.1 Å². The van der Waals surface area contributed by atoms with E-state index in [1.807, 2.05) is 18.2 Å². The van der Waals surface area contributed by atoms with Gasteiger partial charge in [0.2, 0.25) is 0 Å². The largest absolute Gasteiger partial charge is 0.486 e. The van der Waals surface area contributed by atoms with Crippen molar-refractivity contribution in [2.45, 2.75) is 32.8 Å². The fourth-order valence-corrected chi connectivity index (χ4v) is 3.21. The van der Waals surface area contributed by atoms with Crippen molar-refractivity contribution in [1.82, 2.24) is 4.98 Å². The lowest BCUT2D eigenvalue weighted by atomic mass is 10.1. The Morgan fingerprint density at radius 3 is 2.85 bits per heavy atom. The van der Waals surface area contributed by atoms with Crippen molar-refractivity contribution in [3.05, 3.63) is 44.3 Å². The molecule has 0 unspecified atom stereocenters. The highest BCUT2D eigenvalue weighted by Crippen LogP contribution is 2.30. The van der Waals surface area contributed by atoms with Crippen LogP contribution in [-0.2, 0) is 13.0 Å². The molecule has 0 saturated heterocycles. The van der Waals surface area contributed by atoms with Crippen molar-refractivity contribution in [2.24, 2.45) is 5.73 Å². The predicted octanol–water partition coefficient (Wildman–Crippen LogP) is 4.11. The lowest BCUT2D eigenvalue weighted by Gasteiger charge is -2.12. The molecule has 0 atom stereocenters. The van der Waals surface area contributed by atoms with E-state index in [9.17, 15) is 0 Å². The second-order valence-corrected chi connectivity index (χ2v) is 6.63. The molecule has 0 saturated carbocycles. The van der Waals surface area contributed by atoms with Crippen LogP contribution in [0.2, 0.25) is 0 Å². The maximum atomic E-state index is 5.94.